The van der Waals surface area contributed by atoms with Crippen molar-refractivity contribution in [1.29, 1.82) is 5.41 Å². The van der Waals surface area contributed by atoms with Crippen LogP contribution in [0.25, 0.3) is 5.65 Å². The predicted molar refractivity (Wildman–Crippen MR) is 149 cm³/mol. The average Bonchev–Trinajstić information content (AvgIpc) is 3.25. The predicted octanol–water partition coefficient (Wildman–Crippen LogP) is 4.67. The van der Waals surface area contributed by atoms with E-state index in [1.165, 1.54) is 6.21 Å². The van der Waals surface area contributed by atoms with Gasteiger partial charge in [0, 0.05) is 66.2 Å². The van der Waals surface area contributed by atoms with Gasteiger partial charge in [0.1, 0.15) is 23.9 Å². The van der Waals surface area contributed by atoms with E-state index in [-0.39, 0.29) is 0 Å². The average molecular weight is 507 g/mol. The van der Waals surface area contributed by atoms with E-state index >= 15 is 0 Å². The van der Waals surface area contributed by atoms with Crippen LogP contribution in [-0.4, -0.2) is 73.8 Å². The SMILES string of the molecule is C[Si](C)(C)CCOCN=C(CC=N)c1ccc(Oc2ccc3nc(CN4CCNCC4)cn3c2)cc1. The third-order valence-corrected chi connectivity index (χ3v) is 7.83. The normalized spacial score (nSPS) is 15.4. The summed E-state index contributed by atoms with van der Waals surface area (Å²) in [6, 6.07) is 12.9. The van der Waals surface area contributed by atoms with Crippen molar-refractivity contribution in [3.63, 3.8) is 0 Å². The van der Waals surface area contributed by atoms with Gasteiger partial charge in [0.2, 0.25) is 0 Å². The van der Waals surface area contributed by atoms with Crippen molar-refractivity contribution in [2.75, 3.05) is 39.5 Å². The number of hydrogen-bond donors (Lipinski definition) is 2. The smallest absolute Gasteiger partial charge is 0.144 e. The number of aliphatic imine (C=N–C) groups is 1. The quantitative estimate of drug-likeness (QED) is 0.212. The van der Waals surface area contributed by atoms with Crippen LogP contribution in [0.1, 0.15) is 17.7 Å². The Bertz CT molecular complexity index is 1160. The summed E-state index contributed by atoms with van der Waals surface area (Å²) < 4.78 is 13.9. The Balaban J connectivity index is 1.36. The van der Waals surface area contributed by atoms with E-state index in [1.807, 2.05) is 47.0 Å². The minimum Gasteiger partial charge on any atom is -0.456 e. The van der Waals surface area contributed by atoms with Gasteiger partial charge in [-0.3, -0.25) is 9.89 Å². The lowest BCUT2D eigenvalue weighted by Crippen LogP contribution is -2.42. The third-order valence-electron chi connectivity index (χ3n) is 6.13. The number of piperazine rings is 1. The second-order valence-corrected chi connectivity index (χ2v) is 16.0. The van der Waals surface area contributed by atoms with Gasteiger partial charge >= 0.3 is 0 Å². The number of hydrogen-bond acceptors (Lipinski definition) is 7. The van der Waals surface area contributed by atoms with Gasteiger partial charge in [0.15, 0.2) is 0 Å². The van der Waals surface area contributed by atoms with Gasteiger partial charge < -0.3 is 24.6 Å². The van der Waals surface area contributed by atoms with Gasteiger partial charge in [-0.1, -0.05) is 19.6 Å². The molecule has 0 unspecified atom stereocenters. The molecule has 2 N–H and O–H groups in total. The Morgan fingerprint density at radius 1 is 1.08 bits per heavy atom. The van der Waals surface area contributed by atoms with Crippen LogP contribution in [0.5, 0.6) is 11.5 Å². The minimum atomic E-state index is -1.11. The number of imidazole rings is 1. The lowest BCUT2D eigenvalue weighted by molar-refractivity contribution is 0.155. The van der Waals surface area contributed by atoms with Crippen LogP contribution >= 0.6 is 0 Å². The molecule has 9 heteroatoms. The third kappa shape index (κ3) is 7.82. The summed E-state index contributed by atoms with van der Waals surface area (Å²) in [5.74, 6) is 1.50. The Labute approximate surface area is 214 Å². The number of ether oxygens (including phenoxy) is 2. The first kappa shape index (κ1) is 26.2. The van der Waals surface area contributed by atoms with E-state index in [1.54, 1.807) is 0 Å². The highest BCUT2D eigenvalue weighted by Gasteiger charge is 2.13. The molecule has 1 aliphatic heterocycles. The van der Waals surface area contributed by atoms with Crippen molar-refractivity contribution < 1.29 is 9.47 Å². The number of pyridine rings is 1. The number of fused-ring (bicyclic) bond motifs is 1. The fourth-order valence-electron chi connectivity index (χ4n) is 4.05. The molecule has 8 nitrogen and oxygen atoms in total. The summed E-state index contributed by atoms with van der Waals surface area (Å²) in [4.78, 5) is 11.8. The van der Waals surface area contributed by atoms with Gasteiger partial charge in [0.05, 0.1) is 17.6 Å². The summed E-state index contributed by atoms with van der Waals surface area (Å²) in [5, 5.41) is 10.9. The zero-order chi connectivity index (χ0) is 25.4. The van der Waals surface area contributed by atoms with Crippen molar-refractivity contribution in [3.05, 3.63) is 60.0 Å². The highest BCUT2D eigenvalue weighted by Crippen LogP contribution is 2.23. The molecule has 0 amide bonds. The molecule has 2 aromatic heterocycles. The lowest BCUT2D eigenvalue weighted by Gasteiger charge is -2.26. The van der Waals surface area contributed by atoms with Gasteiger partial charge in [-0.25, -0.2) is 4.98 Å². The van der Waals surface area contributed by atoms with Crippen LogP contribution in [0.4, 0.5) is 0 Å². The molecule has 0 bridgehead atoms. The van der Waals surface area contributed by atoms with E-state index in [0.29, 0.717) is 13.2 Å². The Morgan fingerprint density at radius 3 is 2.56 bits per heavy atom. The summed E-state index contributed by atoms with van der Waals surface area (Å²) in [5.41, 5.74) is 3.81. The second kappa shape index (κ2) is 12.4. The first-order valence-electron chi connectivity index (χ1n) is 12.7. The van der Waals surface area contributed by atoms with Crippen LogP contribution < -0.4 is 10.1 Å². The fraction of sp³-hybridized carbons (Fsp3) is 0.444. The Morgan fingerprint density at radius 2 is 1.83 bits per heavy atom. The zero-order valence-corrected chi connectivity index (χ0v) is 22.7. The van der Waals surface area contributed by atoms with Gasteiger partial charge in [-0.2, -0.15) is 0 Å². The molecule has 3 aromatic rings. The Kier molecular flexibility index (Phi) is 9.03. The van der Waals surface area contributed by atoms with E-state index < -0.39 is 8.07 Å². The minimum absolute atomic E-state index is 0.327. The molecule has 0 aliphatic carbocycles. The topological polar surface area (TPSA) is 87.2 Å². The van der Waals surface area contributed by atoms with Gasteiger partial charge in [-0.15, -0.1) is 0 Å². The van der Waals surface area contributed by atoms with Crippen molar-refractivity contribution >= 4 is 25.6 Å². The van der Waals surface area contributed by atoms with Crippen LogP contribution in [0.3, 0.4) is 0 Å². The van der Waals surface area contributed by atoms with Gasteiger partial charge in [-0.05, 0) is 48.0 Å². The largest absolute Gasteiger partial charge is 0.456 e. The first-order valence-corrected chi connectivity index (χ1v) is 16.4. The second-order valence-electron chi connectivity index (χ2n) is 10.4. The molecular formula is C27H38N6O2Si. The number of aromatic nitrogens is 2. The molecule has 1 saturated heterocycles. The Hall–Kier alpha value is -2.85. The highest BCUT2D eigenvalue weighted by atomic mass is 28.3. The van der Waals surface area contributed by atoms with Crippen LogP contribution in [0.15, 0.2) is 53.8 Å². The maximum absolute atomic E-state index is 7.53. The van der Waals surface area contributed by atoms with Crippen molar-refractivity contribution in [1.82, 2.24) is 19.6 Å². The highest BCUT2D eigenvalue weighted by molar-refractivity contribution is 6.76. The first-order chi connectivity index (χ1) is 17.4. The summed E-state index contributed by atoms with van der Waals surface area (Å²) >= 11 is 0. The number of nitrogens with zero attached hydrogens (tertiary/aromatic N) is 4. The van der Waals surface area contributed by atoms with E-state index in [2.05, 4.69) is 41.0 Å². The molecule has 192 valence electrons. The molecule has 1 aliphatic rings. The molecular weight excluding hydrogens is 468 g/mol. The monoisotopic (exact) mass is 506 g/mol. The van der Waals surface area contributed by atoms with Gasteiger partial charge in [0.25, 0.3) is 0 Å². The van der Waals surface area contributed by atoms with Crippen molar-refractivity contribution in [3.8, 4) is 11.5 Å². The number of benzene rings is 1. The standard InChI is InChI=1S/C27H38N6O2Si/c1-36(2,3)17-16-34-21-30-26(10-11-28)22-4-6-24(7-5-22)35-25-8-9-27-31-23(19-33(27)20-25)18-32-14-12-29-13-15-32/h4-9,11,19-20,28-29H,10,12-18,21H2,1-3H3. The maximum atomic E-state index is 7.53. The molecule has 0 atom stereocenters. The van der Waals surface area contributed by atoms with Crippen molar-refractivity contribution in [2.24, 2.45) is 4.99 Å². The molecule has 0 radical (unpaired) electrons. The molecule has 0 saturated carbocycles. The molecule has 0 spiro atoms. The zero-order valence-electron chi connectivity index (χ0n) is 21.7. The molecule has 1 aromatic carbocycles. The van der Waals surface area contributed by atoms with Crippen LogP contribution in [-0.2, 0) is 11.3 Å². The summed E-state index contributed by atoms with van der Waals surface area (Å²) in [7, 11) is -1.11. The van der Waals surface area contributed by atoms with E-state index in [9.17, 15) is 0 Å². The molecule has 4 rings (SSSR count). The van der Waals surface area contributed by atoms with E-state index in [4.69, 9.17) is 19.9 Å². The van der Waals surface area contributed by atoms with Crippen LogP contribution in [0, 0.1) is 5.41 Å². The maximum Gasteiger partial charge on any atom is 0.144 e. The summed E-state index contributed by atoms with van der Waals surface area (Å²) in [6.45, 7) is 13.1. The molecule has 3 heterocycles. The van der Waals surface area contributed by atoms with E-state index in [0.717, 1.165) is 79.5 Å². The summed E-state index contributed by atoms with van der Waals surface area (Å²) in [6.07, 6.45) is 5.91. The fourth-order valence-corrected chi connectivity index (χ4v) is 4.80. The van der Waals surface area contributed by atoms with Crippen molar-refractivity contribution in [2.45, 2.75) is 38.7 Å². The molecule has 1 fully saturated rings. The number of nitrogens with one attached hydrogen (secondary N) is 2. The number of rotatable bonds is 12. The van der Waals surface area contributed by atoms with Crippen LogP contribution in [0.2, 0.25) is 25.7 Å². The molecule has 36 heavy (non-hydrogen) atoms. The lowest BCUT2D eigenvalue weighted by atomic mass is 10.1.